The van der Waals surface area contributed by atoms with Gasteiger partial charge in [-0.2, -0.15) is 0 Å². The minimum atomic E-state index is -0.282. The van der Waals surface area contributed by atoms with Gasteiger partial charge >= 0.3 is 0 Å². The zero-order valence-corrected chi connectivity index (χ0v) is 13.5. The van der Waals surface area contributed by atoms with Crippen LogP contribution in [0.5, 0.6) is 17.2 Å². The molecule has 0 saturated carbocycles. The Morgan fingerprint density at radius 3 is 2.71 bits per heavy atom. The van der Waals surface area contributed by atoms with Crippen LogP contribution in [0, 0.1) is 0 Å². The maximum Gasteiger partial charge on any atom is 0.169 e. The molecule has 2 aliphatic rings. The van der Waals surface area contributed by atoms with Gasteiger partial charge < -0.3 is 19.0 Å². The molecule has 0 radical (unpaired) electrons. The normalized spacial score (nSPS) is 22.3. The molecule has 1 spiro atoms. The number of hydrogen-bond donors (Lipinski definition) is 0. The topological polar surface area (TPSA) is 49.3 Å². The Kier molecular flexibility index (Phi) is 3.86. The molecule has 124 valence electrons. The summed E-state index contributed by atoms with van der Waals surface area (Å²) in [5.41, 5.74) is 1.61. The van der Waals surface area contributed by atoms with E-state index in [0.717, 1.165) is 36.5 Å². The van der Waals surface area contributed by atoms with E-state index in [2.05, 4.69) is 5.16 Å². The van der Waals surface area contributed by atoms with Gasteiger partial charge in [0.15, 0.2) is 17.1 Å². The van der Waals surface area contributed by atoms with Crippen molar-refractivity contribution < 1.29 is 19.0 Å². The van der Waals surface area contributed by atoms with Gasteiger partial charge in [0.2, 0.25) is 0 Å². The lowest BCUT2D eigenvalue weighted by Gasteiger charge is -2.17. The third-order valence-electron chi connectivity index (χ3n) is 4.37. The number of ether oxygens (including phenoxy) is 3. The van der Waals surface area contributed by atoms with Crippen LogP contribution in [-0.4, -0.2) is 31.6 Å². The van der Waals surface area contributed by atoms with Crippen LogP contribution in [-0.2, 0) is 9.57 Å². The van der Waals surface area contributed by atoms with E-state index >= 15 is 0 Å². The Bertz CT molecular complexity index is 751. The molecule has 1 unspecified atom stereocenters. The van der Waals surface area contributed by atoms with Crippen LogP contribution in [0.25, 0.3) is 0 Å². The standard InChI is InChI=1S/C19H19NO4/c1-21-17-8-7-14(11-18(17)23-15-5-3-2-4-6-15)16-12-19(24-20-16)9-10-22-13-19/h2-8,11H,9-10,12-13H2,1H3. The van der Waals surface area contributed by atoms with Crippen LogP contribution in [0.1, 0.15) is 18.4 Å². The van der Waals surface area contributed by atoms with Crippen LogP contribution < -0.4 is 9.47 Å². The van der Waals surface area contributed by atoms with Crippen LogP contribution in [0.15, 0.2) is 53.7 Å². The smallest absolute Gasteiger partial charge is 0.169 e. The van der Waals surface area contributed by atoms with Gasteiger partial charge in [-0.25, -0.2) is 0 Å². The molecule has 2 aromatic carbocycles. The highest BCUT2D eigenvalue weighted by molar-refractivity contribution is 6.02. The molecule has 0 amide bonds. The molecule has 1 fully saturated rings. The fourth-order valence-corrected chi connectivity index (χ4v) is 3.03. The molecule has 5 nitrogen and oxygen atoms in total. The van der Waals surface area contributed by atoms with Crippen molar-refractivity contribution in [3.05, 3.63) is 54.1 Å². The maximum atomic E-state index is 5.97. The van der Waals surface area contributed by atoms with Crippen LogP contribution in [0.4, 0.5) is 0 Å². The highest BCUT2D eigenvalue weighted by Crippen LogP contribution is 2.37. The number of para-hydroxylation sites is 1. The Morgan fingerprint density at radius 2 is 1.96 bits per heavy atom. The molecule has 1 saturated heterocycles. The number of oxime groups is 1. The second kappa shape index (κ2) is 6.17. The Morgan fingerprint density at radius 1 is 1.08 bits per heavy atom. The average molecular weight is 325 g/mol. The summed E-state index contributed by atoms with van der Waals surface area (Å²) in [5, 5.41) is 4.29. The number of hydrogen-bond acceptors (Lipinski definition) is 5. The van der Waals surface area contributed by atoms with E-state index < -0.39 is 0 Å². The third-order valence-corrected chi connectivity index (χ3v) is 4.37. The van der Waals surface area contributed by atoms with Crippen LogP contribution >= 0.6 is 0 Å². The lowest BCUT2D eigenvalue weighted by molar-refractivity contribution is -0.0237. The Labute approximate surface area is 140 Å². The summed E-state index contributed by atoms with van der Waals surface area (Å²) < 4.78 is 16.8. The second-order valence-corrected chi connectivity index (χ2v) is 6.07. The first-order valence-electron chi connectivity index (χ1n) is 8.02. The van der Waals surface area contributed by atoms with Gasteiger partial charge in [-0.1, -0.05) is 23.4 Å². The monoisotopic (exact) mass is 325 g/mol. The fourth-order valence-electron chi connectivity index (χ4n) is 3.03. The highest BCUT2D eigenvalue weighted by atomic mass is 16.7. The van der Waals surface area contributed by atoms with Crippen molar-refractivity contribution in [3.63, 3.8) is 0 Å². The largest absolute Gasteiger partial charge is 0.493 e. The molecule has 1 atom stereocenters. The summed E-state index contributed by atoms with van der Waals surface area (Å²) in [6.45, 7) is 1.33. The zero-order valence-electron chi connectivity index (χ0n) is 13.5. The predicted octanol–water partition coefficient (Wildman–Crippen LogP) is 3.77. The molecule has 2 heterocycles. The molecular formula is C19H19NO4. The lowest BCUT2D eigenvalue weighted by Crippen LogP contribution is -2.29. The number of rotatable bonds is 4. The molecule has 4 rings (SSSR count). The molecule has 0 N–H and O–H groups in total. The molecule has 2 aromatic rings. The Hall–Kier alpha value is -2.53. The van der Waals surface area contributed by atoms with Crippen molar-refractivity contribution >= 4 is 5.71 Å². The van der Waals surface area contributed by atoms with E-state index in [0.29, 0.717) is 18.1 Å². The SMILES string of the molecule is COc1ccc(C2=NOC3(CCOC3)C2)cc1Oc1ccccc1. The van der Waals surface area contributed by atoms with Crippen molar-refractivity contribution in [2.75, 3.05) is 20.3 Å². The molecule has 0 aliphatic carbocycles. The minimum Gasteiger partial charge on any atom is -0.493 e. The van der Waals surface area contributed by atoms with Gasteiger partial charge in [0.05, 0.1) is 26.0 Å². The van der Waals surface area contributed by atoms with E-state index in [4.69, 9.17) is 19.0 Å². The van der Waals surface area contributed by atoms with E-state index in [9.17, 15) is 0 Å². The first-order chi connectivity index (χ1) is 11.8. The molecule has 0 bridgehead atoms. The third kappa shape index (κ3) is 2.83. The quantitative estimate of drug-likeness (QED) is 0.858. The summed E-state index contributed by atoms with van der Waals surface area (Å²) in [5.74, 6) is 2.10. The molecule has 24 heavy (non-hydrogen) atoms. The number of methoxy groups -OCH3 is 1. The van der Waals surface area contributed by atoms with Gasteiger partial charge in [-0.3, -0.25) is 0 Å². The molecule has 5 heteroatoms. The van der Waals surface area contributed by atoms with Crippen LogP contribution in [0.3, 0.4) is 0 Å². The van der Waals surface area contributed by atoms with Crippen molar-refractivity contribution in [1.82, 2.24) is 0 Å². The first-order valence-corrected chi connectivity index (χ1v) is 8.02. The van der Waals surface area contributed by atoms with Crippen LogP contribution in [0.2, 0.25) is 0 Å². The van der Waals surface area contributed by atoms with E-state index in [-0.39, 0.29) is 5.60 Å². The minimum absolute atomic E-state index is 0.282. The summed E-state index contributed by atoms with van der Waals surface area (Å²) in [4.78, 5) is 5.67. The van der Waals surface area contributed by atoms with Crippen molar-refractivity contribution in [3.8, 4) is 17.2 Å². The summed E-state index contributed by atoms with van der Waals surface area (Å²) in [6, 6.07) is 15.5. The van der Waals surface area contributed by atoms with E-state index in [1.807, 2.05) is 48.5 Å². The van der Waals surface area contributed by atoms with E-state index in [1.54, 1.807) is 7.11 Å². The molecular weight excluding hydrogens is 306 g/mol. The summed E-state index contributed by atoms with van der Waals surface area (Å²) in [7, 11) is 1.63. The zero-order chi connectivity index (χ0) is 16.4. The van der Waals surface area contributed by atoms with Crippen molar-refractivity contribution in [2.45, 2.75) is 18.4 Å². The van der Waals surface area contributed by atoms with Gasteiger partial charge in [0.1, 0.15) is 5.75 Å². The van der Waals surface area contributed by atoms with Gasteiger partial charge in [-0.05, 0) is 30.3 Å². The van der Waals surface area contributed by atoms with Crippen molar-refractivity contribution in [1.29, 1.82) is 0 Å². The molecule has 0 aromatic heterocycles. The Balaban J connectivity index is 1.60. The number of nitrogens with zero attached hydrogens (tertiary/aromatic N) is 1. The summed E-state index contributed by atoms with van der Waals surface area (Å²) >= 11 is 0. The van der Waals surface area contributed by atoms with Gasteiger partial charge in [-0.15, -0.1) is 0 Å². The maximum absolute atomic E-state index is 5.97. The lowest BCUT2D eigenvalue weighted by atomic mass is 9.93. The van der Waals surface area contributed by atoms with Crippen molar-refractivity contribution in [2.24, 2.45) is 5.16 Å². The first kappa shape index (κ1) is 15.0. The van der Waals surface area contributed by atoms with Gasteiger partial charge in [0, 0.05) is 18.4 Å². The van der Waals surface area contributed by atoms with E-state index in [1.165, 1.54) is 0 Å². The fraction of sp³-hybridized carbons (Fsp3) is 0.316. The molecule has 2 aliphatic heterocycles. The average Bonchev–Trinajstić information content (AvgIpc) is 3.26. The highest BCUT2D eigenvalue weighted by Gasteiger charge is 2.43. The summed E-state index contributed by atoms with van der Waals surface area (Å²) in [6.07, 6.45) is 1.63. The second-order valence-electron chi connectivity index (χ2n) is 6.07. The van der Waals surface area contributed by atoms with Gasteiger partial charge in [0.25, 0.3) is 0 Å². The number of benzene rings is 2. The predicted molar refractivity (Wildman–Crippen MR) is 89.9 cm³/mol.